The van der Waals surface area contributed by atoms with Crippen molar-refractivity contribution in [1.82, 2.24) is 4.90 Å². The number of piperazine rings is 1. The van der Waals surface area contributed by atoms with Gasteiger partial charge in [-0.05, 0) is 23.8 Å². The molecule has 5 heteroatoms. The summed E-state index contributed by atoms with van der Waals surface area (Å²) in [5.74, 6) is 1.00. The average Bonchev–Trinajstić information content (AvgIpc) is 2.63. The predicted molar refractivity (Wildman–Crippen MR) is 96.3 cm³/mol. The molecule has 2 aromatic rings. The van der Waals surface area contributed by atoms with Crippen LogP contribution < -0.4 is 15.4 Å². The summed E-state index contributed by atoms with van der Waals surface area (Å²) in [5.41, 5.74) is 8.60. The molecule has 0 bridgehead atoms. The van der Waals surface area contributed by atoms with Crippen LogP contribution in [0.25, 0.3) is 0 Å². The van der Waals surface area contributed by atoms with Crippen molar-refractivity contribution in [2.45, 2.75) is 6.42 Å². The van der Waals surface area contributed by atoms with Crippen LogP contribution in [-0.2, 0) is 11.2 Å². The van der Waals surface area contributed by atoms with Gasteiger partial charge in [-0.15, -0.1) is 0 Å². The molecule has 0 radical (unpaired) electrons. The molecule has 1 amide bonds. The molecule has 1 aliphatic rings. The van der Waals surface area contributed by atoms with Crippen molar-refractivity contribution in [3.8, 4) is 5.75 Å². The van der Waals surface area contributed by atoms with E-state index < -0.39 is 0 Å². The number of methoxy groups -OCH3 is 1. The van der Waals surface area contributed by atoms with Crippen LogP contribution in [0.3, 0.4) is 0 Å². The third-order valence-electron chi connectivity index (χ3n) is 4.46. The van der Waals surface area contributed by atoms with E-state index in [0.29, 0.717) is 25.2 Å². The number of rotatable bonds is 4. The van der Waals surface area contributed by atoms with Crippen LogP contribution in [0.1, 0.15) is 5.56 Å². The first-order chi connectivity index (χ1) is 11.7. The molecular formula is C19H23N3O2. The number of para-hydroxylation sites is 3. The summed E-state index contributed by atoms with van der Waals surface area (Å²) in [6, 6.07) is 15.5. The maximum Gasteiger partial charge on any atom is 0.227 e. The molecule has 24 heavy (non-hydrogen) atoms. The number of hydrogen-bond acceptors (Lipinski definition) is 4. The highest BCUT2D eigenvalue weighted by atomic mass is 16.5. The first-order valence-electron chi connectivity index (χ1n) is 8.18. The number of anilines is 2. The van der Waals surface area contributed by atoms with E-state index in [1.165, 1.54) is 0 Å². The highest BCUT2D eigenvalue weighted by Crippen LogP contribution is 2.28. The van der Waals surface area contributed by atoms with E-state index in [9.17, 15) is 4.79 Å². The number of amides is 1. The highest BCUT2D eigenvalue weighted by molar-refractivity contribution is 5.80. The largest absolute Gasteiger partial charge is 0.495 e. The number of nitrogens with two attached hydrogens (primary N) is 1. The lowest BCUT2D eigenvalue weighted by molar-refractivity contribution is -0.130. The second-order valence-corrected chi connectivity index (χ2v) is 5.92. The van der Waals surface area contributed by atoms with Crippen LogP contribution in [0.5, 0.6) is 5.75 Å². The Kier molecular flexibility index (Phi) is 4.89. The van der Waals surface area contributed by atoms with Crippen LogP contribution in [0.15, 0.2) is 48.5 Å². The van der Waals surface area contributed by atoms with Gasteiger partial charge in [0.1, 0.15) is 5.75 Å². The summed E-state index contributed by atoms with van der Waals surface area (Å²) in [6.45, 7) is 3.03. The Morgan fingerprint density at radius 2 is 1.71 bits per heavy atom. The monoisotopic (exact) mass is 325 g/mol. The minimum atomic E-state index is 0.132. The van der Waals surface area contributed by atoms with Gasteiger partial charge in [0, 0.05) is 31.9 Å². The van der Waals surface area contributed by atoms with E-state index in [2.05, 4.69) is 11.0 Å². The molecule has 3 rings (SSSR count). The number of benzene rings is 2. The van der Waals surface area contributed by atoms with Gasteiger partial charge < -0.3 is 20.3 Å². The number of carbonyl (C=O) groups is 1. The first-order valence-corrected chi connectivity index (χ1v) is 8.18. The molecule has 0 unspecified atom stereocenters. The van der Waals surface area contributed by atoms with E-state index in [4.69, 9.17) is 10.5 Å². The standard InChI is InChI=1S/C19H23N3O2/c1-24-18-9-5-4-8-17(18)21-10-12-22(13-11-21)19(23)14-15-6-2-3-7-16(15)20/h2-9H,10-14,20H2,1H3. The maximum absolute atomic E-state index is 12.5. The lowest BCUT2D eigenvalue weighted by Crippen LogP contribution is -2.49. The summed E-state index contributed by atoms with van der Waals surface area (Å²) in [6.07, 6.45) is 0.362. The zero-order valence-corrected chi connectivity index (χ0v) is 13.9. The minimum absolute atomic E-state index is 0.132. The van der Waals surface area contributed by atoms with Gasteiger partial charge in [-0.1, -0.05) is 30.3 Å². The number of hydrogen-bond donors (Lipinski definition) is 1. The second kappa shape index (κ2) is 7.25. The molecule has 1 fully saturated rings. The Labute approximate surface area is 142 Å². The highest BCUT2D eigenvalue weighted by Gasteiger charge is 2.23. The van der Waals surface area contributed by atoms with Crippen molar-refractivity contribution in [3.63, 3.8) is 0 Å². The Morgan fingerprint density at radius 1 is 1.04 bits per heavy atom. The lowest BCUT2D eigenvalue weighted by atomic mass is 10.1. The van der Waals surface area contributed by atoms with Crippen molar-refractivity contribution >= 4 is 17.3 Å². The fraction of sp³-hybridized carbons (Fsp3) is 0.316. The van der Waals surface area contributed by atoms with E-state index in [1.54, 1.807) is 7.11 Å². The van der Waals surface area contributed by atoms with Gasteiger partial charge in [0.2, 0.25) is 5.91 Å². The third-order valence-corrected chi connectivity index (χ3v) is 4.46. The number of nitrogen functional groups attached to an aromatic ring is 1. The Morgan fingerprint density at radius 3 is 2.42 bits per heavy atom. The topological polar surface area (TPSA) is 58.8 Å². The zero-order chi connectivity index (χ0) is 16.9. The molecule has 0 spiro atoms. The molecule has 0 saturated carbocycles. The maximum atomic E-state index is 12.5. The summed E-state index contributed by atoms with van der Waals surface area (Å²) < 4.78 is 5.43. The van der Waals surface area contributed by atoms with Gasteiger partial charge in [0.15, 0.2) is 0 Å². The molecule has 1 heterocycles. The van der Waals surface area contributed by atoms with Crippen molar-refractivity contribution in [2.75, 3.05) is 43.9 Å². The molecule has 0 aromatic heterocycles. The lowest BCUT2D eigenvalue weighted by Gasteiger charge is -2.36. The van der Waals surface area contributed by atoms with Gasteiger partial charge in [-0.3, -0.25) is 4.79 Å². The van der Waals surface area contributed by atoms with E-state index in [1.807, 2.05) is 47.4 Å². The SMILES string of the molecule is COc1ccccc1N1CCN(C(=O)Cc2ccccc2N)CC1. The van der Waals surface area contributed by atoms with Crippen LogP contribution in [0.4, 0.5) is 11.4 Å². The fourth-order valence-electron chi connectivity index (χ4n) is 3.06. The van der Waals surface area contributed by atoms with E-state index in [0.717, 1.165) is 30.1 Å². The Bertz CT molecular complexity index is 709. The van der Waals surface area contributed by atoms with Gasteiger partial charge in [-0.2, -0.15) is 0 Å². The van der Waals surface area contributed by atoms with E-state index >= 15 is 0 Å². The zero-order valence-electron chi connectivity index (χ0n) is 13.9. The third kappa shape index (κ3) is 3.45. The summed E-state index contributed by atoms with van der Waals surface area (Å²) in [7, 11) is 1.68. The Hall–Kier alpha value is -2.69. The van der Waals surface area contributed by atoms with Gasteiger partial charge in [0.25, 0.3) is 0 Å². The van der Waals surface area contributed by atoms with Crippen LogP contribution >= 0.6 is 0 Å². The van der Waals surface area contributed by atoms with Crippen molar-refractivity contribution in [2.24, 2.45) is 0 Å². The smallest absolute Gasteiger partial charge is 0.227 e. The molecule has 2 aromatic carbocycles. The van der Waals surface area contributed by atoms with Gasteiger partial charge in [0.05, 0.1) is 19.2 Å². The summed E-state index contributed by atoms with van der Waals surface area (Å²) in [5, 5.41) is 0. The molecule has 1 saturated heterocycles. The molecule has 0 aliphatic carbocycles. The van der Waals surface area contributed by atoms with Crippen molar-refractivity contribution in [3.05, 3.63) is 54.1 Å². The number of carbonyl (C=O) groups excluding carboxylic acids is 1. The van der Waals surface area contributed by atoms with Crippen LogP contribution in [-0.4, -0.2) is 44.1 Å². The normalized spacial score (nSPS) is 14.5. The van der Waals surface area contributed by atoms with Crippen LogP contribution in [0, 0.1) is 0 Å². The van der Waals surface area contributed by atoms with Crippen molar-refractivity contribution in [1.29, 1.82) is 0 Å². The number of nitrogens with zero attached hydrogens (tertiary/aromatic N) is 2. The van der Waals surface area contributed by atoms with Crippen LogP contribution in [0.2, 0.25) is 0 Å². The quantitative estimate of drug-likeness (QED) is 0.875. The molecule has 126 valence electrons. The molecule has 1 aliphatic heterocycles. The Balaban J connectivity index is 1.61. The summed E-state index contributed by atoms with van der Waals surface area (Å²) >= 11 is 0. The van der Waals surface area contributed by atoms with Gasteiger partial charge in [-0.25, -0.2) is 0 Å². The minimum Gasteiger partial charge on any atom is -0.495 e. The van der Waals surface area contributed by atoms with Gasteiger partial charge >= 0.3 is 0 Å². The molecule has 5 nitrogen and oxygen atoms in total. The van der Waals surface area contributed by atoms with Crippen molar-refractivity contribution < 1.29 is 9.53 Å². The second-order valence-electron chi connectivity index (χ2n) is 5.92. The fourth-order valence-corrected chi connectivity index (χ4v) is 3.06. The predicted octanol–water partition coefficient (Wildman–Crippen LogP) is 2.17. The first kappa shape index (κ1) is 16.2. The summed E-state index contributed by atoms with van der Waals surface area (Å²) in [4.78, 5) is 16.7. The number of ether oxygens (including phenoxy) is 1. The molecule has 2 N–H and O–H groups in total. The average molecular weight is 325 g/mol. The molecular weight excluding hydrogens is 302 g/mol. The van der Waals surface area contributed by atoms with E-state index in [-0.39, 0.29) is 5.91 Å². The molecule has 0 atom stereocenters.